The van der Waals surface area contributed by atoms with E-state index in [0.29, 0.717) is 23.3 Å². The van der Waals surface area contributed by atoms with E-state index >= 15 is 0 Å². The van der Waals surface area contributed by atoms with Crippen molar-refractivity contribution in [3.63, 3.8) is 0 Å². The van der Waals surface area contributed by atoms with Crippen LogP contribution in [0.15, 0.2) is 42.5 Å². The molecule has 0 amide bonds. The molecule has 2 aliphatic rings. The molecule has 1 aliphatic heterocycles. The molecule has 3 atom stereocenters. The summed E-state index contributed by atoms with van der Waals surface area (Å²) in [6.45, 7) is 4.10. The summed E-state index contributed by atoms with van der Waals surface area (Å²) in [6, 6.07) is 12.3. The van der Waals surface area contributed by atoms with Gasteiger partial charge in [-0.25, -0.2) is 0 Å². The maximum atomic E-state index is 12.8. The van der Waals surface area contributed by atoms with E-state index in [0.717, 1.165) is 18.4 Å². The normalized spacial score (nSPS) is 26.3. The van der Waals surface area contributed by atoms with Gasteiger partial charge in [-0.05, 0) is 45.2 Å². The number of carbonyl (C=O) groups is 1. The van der Waals surface area contributed by atoms with E-state index in [1.54, 1.807) is 18.2 Å². The van der Waals surface area contributed by atoms with Crippen molar-refractivity contribution in [2.24, 2.45) is 5.92 Å². The minimum atomic E-state index is -0.404. The van der Waals surface area contributed by atoms with Crippen molar-refractivity contribution >= 4 is 5.78 Å². The van der Waals surface area contributed by atoms with Crippen LogP contribution in [0.5, 0.6) is 11.5 Å². The highest BCUT2D eigenvalue weighted by atomic mass is 16.5. The Labute approximate surface area is 153 Å². The standard InChI is InChI=1S/C22H24O4/c1-22(2)17-9-8-15(23)12-16(17)20-18(24)10-14(11-19(20)26-22)21(25)13-6-4-3-5-7-13/h3-7,10-11,15-17,23-24H,8-9,12H2,1-2H3/t15-,16-,17-/m1/s1. The molecule has 4 rings (SSSR count). The Kier molecular flexibility index (Phi) is 4.03. The van der Waals surface area contributed by atoms with Gasteiger partial charge in [0.2, 0.25) is 0 Å². The summed E-state index contributed by atoms with van der Waals surface area (Å²) < 4.78 is 6.24. The highest BCUT2D eigenvalue weighted by Gasteiger charge is 2.47. The average molecular weight is 352 g/mol. The molecule has 1 saturated carbocycles. The van der Waals surface area contributed by atoms with Crippen LogP contribution in [0.25, 0.3) is 0 Å². The summed E-state index contributed by atoms with van der Waals surface area (Å²) in [4.78, 5) is 12.8. The second-order valence-corrected chi connectivity index (χ2v) is 7.99. The molecule has 26 heavy (non-hydrogen) atoms. The molecule has 0 radical (unpaired) electrons. The SMILES string of the molecule is CC1(C)Oc2cc(C(=O)c3ccccc3)cc(O)c2[C@@H]2C[C@H](O)CC[C@H]21. The molecule has 0 saturated heterocycles. The lowest BCUT2D eigenvalue weighted by Crippen LogP contribution is -2.47. The number of phenolic OH excluding ortho intramolecular Hbond substituents is 1. The molecule has 4 nitrogen and oxygen atoms in total. The lowest BCUT2D eigenvalue weighted by atomic mass is 9.66. The number of hydrogen-bond acceptors (Lipinski definition) is 4. The Hall–Kier alpha value is -2.33. The molecule has 0 bridgehead atoms. The molecule has 2 aromatic carbocycles. The topological polar surface area (TPSA) is 66.8 Å². The van der Waals surface area contributed by atoms with Crippen LogP contribution in [0.2, 0.25) is 0 Å². The zero-order valence-corrected chi connectivity index (χ0v) is 15.1. The van der Waals surface area contributed by atoms with E-state index in [1.807, 2.05) is 32.0 Å². The first-order valence-corrected chi connectivity index (χ1v) is 9.20. The minimum absolute atomic E-state index is 0.0402. The number of carbonyl (C=O) groups excluding carboxylic acids is 1. The monoisotopic (exact) mass is 352 g/mol. The summed E-state index contributed by atoms with van der Waals surface area (Å²) >= 11 is 0. The van der Waals surface area contributed by atoms with Gasteiger partial charge in [0, 0.05) is 28.5 Å². The van der Waals surface area contributed by atoms with Crippen LogP contribution in [0, 0.1) is 5.92 Å². The van der Waals surface area contributed by atoms with Gasteiger partial charge in [-0.2, -0.15) is 0 Å². The summed E-state index contributed by atoms with van der Waals surface area (Å²) in [7, 11) is 0. The number of rotatable bonds is 2. The number of phenols is 1. The van der Waals surface area contributed by atoms with Crippen LogP contribution < -0.4 is 4.74 Å². The number of ketones is 1. The Morgan fingerprint density at radius 3 is 2.58 bits per heavy atom. The summed E-state index contributed by atoms with van der Waals surface area (Å²) in [5, 5.41) is 20.9. The van der Waals surface area contributed by atoms with Gasteiger partial charge in [-0.3, -0.25) is 4.79 Å². The van der Waals surface area contributed by atoms with Crippen LogP contribution in [0.3, 0.4) is 0 Å². The Balaban J connectivity index is 1.78. The zero-order chi connectivity index (χ0) is 18.5. The molecule has 1 heterocycles. The predicted molar refractivity (Wildman–Crippen MR) is 98.8 cm³/mol. The van der Waals surface area contributed by atoms with Gasteiger partial charge in [0.25, 0.3) is 0 Å². The van der Waals surface area contributed by atoms with Crippen molar-refractivity contribution in [1.82, 2.24) is 0 Å². The van der Waals surface area contributed by atoms with E-state index in [-0.39, 0.29) is 29.5 Å². The maximum Gasteiger partial charge on any atom is 0.193 e. The van der Waals surface area contributed by atoms with Gasteiger partial charge in [0.1, 0.15) is 17.1 Å². The summed E-state index contributed by atoms with van der Waals surface area (Å²) in [5.74, 6) is 0.778. The Morgan fingerprint density at radius 2 is 1.85 bits per heavy atom. The third kappa shape index (κ3) is 2.78. The lowest BCUT2D eigenvalue weighted by Gasteiger charge is -2.48. The fourth-order valence-corrected chi connectivity index (χ4v) is 4.61. The minimum Gasteiger partial charge on any atom is -0.507 e. The molecule has 1 aliphatic carbocycles. The number of aromatic hydroxyl groups is 1. The molecule has 0 spiro atoms. The highest BCUT2D eigenvalue weighted by Crippen LogP contribution is 2.54. The van der Waals surface area contributed by atoms with Crippen molar-refractivity contribution in [1.29, 1.82) is 0 Å². The Bertz CT molecular complexity index is 841. The van der Waals surface area contributed by atoms with Crippen molar-refractivity contribution in [3.8, 4) is 11.5 Å². The maximum absolute atomic E-state index is 12.8. The highest BCUT2D eigenvalue weighted by molar-refractivity contribution is 6.09. The van der Waals surface area contributed by atoms with E-state index in [1.165, 1.54) is 6.07 Å². The number of aliphatic hydroxyl groups is 1. The van der Waals surface area contributed by atoms with Crippen molar-refractivity contribution in [2.45, 2.75) is 50.7 Å². The van der Waals surface area contributed by atoms with Gasteiger partial charge in [0.15, 0.2) is 5.78 Å². The Morgan fingerprint density at radius 1 is 1.12 bits per heavy atom. The molecular formula is C22H24O4. The first-order chi connectivity index (χ1) is 12.4. The van der Waals surface area contributed by atoms with Crippen LogP contribution in [-0.4, -0.2) is 27.7 Å². The smallest absolute Gasteiger partial charge is 0.193 e. The third-order valence-corrected chi connectivity index (χ3v) is 5.88. The fourth-order valence-electron chi connectivity index (χ4n) is 4.61. The predicted octanol–water partition coefficient (Wildman–Crippen LogP) is 4.04. The van der Waals surface area contributed by atoms with Crippen molar-refractivity contribution < 1.29 is 19.7 Å². The van der Waals surface area contributed by atoms with Gasteiger partial charge in [0.05, 0.1) is 6.10 Å². The number of fused-ring (bicyclic) bond motifs is 3. The molecule has 1 fully saturated rings. The van der Waals surface area contributed by atoms with E-state index < -0.39 is 5.60 Å². The first kappa shape index (κ1) is 17.1. The zero-order valence-electron chi connectivity index (χ0n) is 15.1. The molecule has 136 valence electrons. The molecular weight excluding hydrogens is 328 g/mol. The van der Waals surface area contributed by atoms with Crippen LogP contribution in [-0.2, 0) is 0 Å². The van der Waals surface area contributed by atoms with Crippen LogP contribution in [0.4, 0.5) is 0 Å². The first-order valence-electron chi connectivity index (χ1n) is 9.20. The lowest BCUT2D eigenvalue weighted by molar-refractivity contribution is -0.0317. The molecule has 0 unspecified atom stereocenters. The van der Waals surface area contributed by atoms with Crippen LogP contribution in [0.1, 0.15) is 60.5 Å². The molecule has 2 N–H and O–H groups in total. The van der Waals surface area contributed by atoms with Gasteiger partial charge in [-0.1, -0.05) is 30.3 Å². The average Bonchev–Trinajstić information content (AvgIpc) is 2.60. The quantitative estimate of drug-likeness (QED) is 0.801. The number of ether oxygens (including phenoxy) is 1. The van der Waals surface area contributed by atoms with E-state index in [4.69, 9.17) is 4.74 Å². The fraction of sp³-hybridized carbons (Fsp3) is 0.409. The van der Waals surface area contributed by atoms with Crippen molar-refractivity contribution in [2.75, 3.05) is 0 Å². The van der Waals surface area contributed by atoms with Crippen LogP contribution >= 0.6 is 0 Å². The van der Waals surface area contributed by atoms with Gasteiger partial charge < -0.3 is 14.9 Å². The largest absolute Gasteiger partial charge is 0.507 e. The second-order valence-electron chi connectivity index (χ2n) is 7.99. The third-order valence-electron chi connectivity index (χ3n) is 5.88. The summed E-state index contributed by atoms with van der Waals surface area (Å²) in [5.41, 5.74) is 1.32. The van der Waals surface area contributed by atoms with E-state index in [9.17, 15) is 15.0 Å². The molecule has 4 heteroatoms. The number of aliphatic hydroxyl groups excluding tert-OH is 1. The number of benzene rings is 2. The molecule has 0 aromatic heterocycles. The number of hydrogen-bond donors (Lipinski definition) is 2. The van der Waals surface area contributed by atoms with Gasteiger partial charge >= 0.3 is 0 Å². The summed E-state index contributed by atoms with van der Waals surface area (Å²) in [6.07, 6.45) is 1.88. The van der Waals surface area contributed by atoms with E-state index in [2.05, 4.69) is 0 Å². The second kappa shape index (κ2) is 6.13. The van der Waals surface area contributed by atoms with Crippen molar-refractivity contribution in [3.05, 3.63) is 59.2 Å². The van der Waals surface area contributed by atoms with Gasteiger partial charge in [-0.15, -0.1) is 0 Å². The molecule has 2 aromatic rings.